The van der Waals surface area contributed by atoms with E-state index in [1.165, 1.54) is 6.07 Å². The van der Waals surface area contributed by atoms with Crippen molar-refractivity contribution in [1.82, 2.24) is 4.98 Å². The summed E-state index contributed by atoms with van der Waals surface area (Å²) in [5.74, 6) is -0.212. The molecule has 8 heteroatoms. The van der Waals surface area contributed by atoms with Crippen molar-refractivity contribution in [2.45, 2.75) is 25.9 Å². The van der Waals surface area contributed by atoms with Crippen molar-refractivity contribution < 1.29 is 23.0 Å². The van der Waals surface area contributed by atoms with Crippen LogP contribution in [-0.2, 0) is 11.3 Å². The maximum atomic E-state index is 13.5. The van der Waals surface area contributed by atoms with E-state index in [-0.39, 0.29) is 35.6 Å². The fraction of sp³-hybridized carbons (Fsp3) is 0.250. The molecule has 1 atom stereocenters. The number of rotatable bonds is 1. The Kier molecular flexibility index (Phi) is 2.92. The number of nitriles is 1. The van der Waals surface area contributed by atoms with Gasteiger partial charge in [0.05, 0.1) is 18.4 Å². The number of halogens is 2. The standard InChI is InChI=1S/C16H11F2N3O3/c1-7-13-10(6-22-7)12(9(5-19)15(20)21-13)8-3-2-4-11-14(8)24-16(17,18)23-11/h2-4,7H,6H2,1H3,(H2,20,21). The molecule has 1 aromatic carbocycles. The monoisotopic (exact) mass is 331 g/mol. The molecule has 24 heavy (non-hydrogen) atoms. The number of nitrogen functional groups attached to an aromatic ring is 1. The smallest absolute Gasteiger partial charge is 0.395 e. The second-order valence-corrected chi connectivity index (χ2v) is 5.48. The number of hydrogen-bond donors (Lipinski definition) is 1. The van der Waals surface area contributed by atoms with Crippen molar-refractivity contribution in [2.24, 2.45) is 0 Å². The van der Waals surface area contributed by atoms with Crippen LogP contribution in [0.5, 0.6) is 11.5 Å². The van der Waals surface area contributed by atoms with Gasteiger partial charge in [0.1, 0.15) is 17.5 Å². The van der Waals surface area contributed by atoms with Crippen LogP contribution in [0.4, 0.5) is 14.6 Å². The molecule has 0 saturated carbocycles. The van der Waals surface area contributed by atoms with Crippen LogP contribution in [0.3, 0.4) is 0 Å². The zero-order valence-electron chi connectivity index (χ0n) is 12.5. The van der Waals surface area contributed by atoms with Crippen LogP contribution in [0.25, 0.3) is 11.1 Å². The Balaban J connectivity index is 2.02. The van der Waals surface area contributed by atoms with Gasteiger partial charge in [0.25, 0.3) is 0 Å². The van der Waals surface area contributed by atoms with Gasteiger partial charge < -0.3 is 19.9 Å². The number of nitrogens with two attached hydrogens (primary N) is 1. The Bertz CT molecular complexity index is 908. The van der Waals surface area contributed by atoms with E-state index in [1.54, 1.807) is 19.1 Å². The molecule has 2 aliphatic rings. The Morgan fingerprint density at radius 2 is 2.17 bits per heavy atom. The lowest BCUT2D eigenvalue weighted by Gasteiger charge is -2.14. The summed E-state index contributed by atoms with van der Waals surface area (Å²) in [6.45, 7) is 2.01. The molecule has 0 spiro atoms. The summed E-state index contributed by atoms with van der Waals surface area (Å²) < 4.78 is 41.6. The SMILES string of the molecule is CC1OCc2c1nc(N)c(C#N)c2-c1cccc2c1OC(F)(F)O2. The van der Waals surface area contributed by atoms with E-state index >= 15 is 0 Å². The molecule has 0 aliphatic carbocycles. The Hall–Kier alpha value is -2.92. The first-order valence-corrected chi connectivity index (χ1v) is 7.14. The van der Waals surface area contributed by atoms with E-state index < -0.39 is 6.29 Å². The highest BCUT2D eigenvalue weighted by atomic mass is 19.3. The molecule has 0 fully saturated rings. The third-order valence-corrected chi connectivity index (χ3v) is 4.03. The fourth-order valence-corrected chi connectivity index (χ4v) is 3.01. The number of pyridine rings is 1. The van der Waals surface area contributed by atoms with E-state index in [2.05, 4.69) is 14.5 Å². The minimum atomic E-state index is -3.75. The number of anilines is 1. The summed E-state index contributed by atoms with van der Waals surface area (Å²) in [4.78, 5) is 4.22. The van der Waals surface area contributed by atoms with Gasteiger partial charge in [-0.2, -0.15) is 5.26 Å². The van der Waals surface area contributed by atoms with Crippen LogP contribution < -0.4 is 15.2 Å². The molecule has 1 unspecified atom stereocenters. The number of hydrogen-bond acceptors (Lipinski definition) is 6. The third-order valence-electron chi connectivity index (χ3n) is 4.03. The van der Waals surface area contributed by atoms with Crippen LogP contribution >= 0.6 is 0 Å². The van der Waals surface area contributed by atoms with Gasteiger partial charge in [-0.15, -0.1) is 8.78 Å². The molecule has 3 heterocycles. The van der Waals surface area contributed by atoms with Gasteiger partial charge in [0, 0.05) is 16.7 Å². The van der Waals surface area contributed by atoms with Gasteiger partial charge in [-0.3, -0.25) is 0 Å². The number of nitrogens with zero attached hydrogens (tertiary/aromatic N) is 2. The van der Waals surface area contributed by atoms with Crippen LogP contribution in [-0.4, -0.2) is 11.3 Å². The van der Waals surface area contributed by atoms with E-state index in [4.69, 9.17) is 10.5 Å². The summed E-state index contributed by atoms with van der Waals surface area (Å²) in [6, 6.07) is 6.48. The molecular formula is C16H11F2N3O3. The summed E-state index contributed by atoms with van der Waals surface area (Å²) in [5, 5.41) is 9.48. The molecule has 1 aromatic heterocycles. The van der Waals surface area contributed by atoms with Crippen LogP contribution in [0.15, 0.2) is 18.2 Å². The average Bonchev–Trinajstić information content (AvgIpc) is 3.04. The predicted octanol–water partition coefficient (Wildman–Crippen LogP) is 3.12. The van der Waals surface area contributed by atoms with Crippen molar-refractivity contribution in [3.63, 3.8) is 0 Å². The summed E-state index contributed by atoms with van der Waals surface area (Å²) >= 11 is 0. The molecular weight excluding hydrogens is 320 g/mol. The molecule has 4 rings (SSSR count). The lowest BCUT2D eigenvalue weighted by Crippen LogP contribution is -2.26. The minimum Gasteiger partial charge on any atom is -0.395 e. The number of fused-ring (bicyclic) bond motifs is 2. The first-order chi connectivity index (χ1) is 11.4. The molecule has 2 aromatic rings. The number of ether oxygens (including phenoxy) is 3. The summed E-state index contributed by atoms with van der Waals surface area (Å²) in [6.07, 6.45) is -4.05. The molecule has 0 amide bonds. The highest BCUT2D eigenvalue weighted by Crippen LogP contribution is 2.50. The molecule has 0 saturated heterocycles. The summed E-state index contributed by atoms with van der Waals surface area (Å²) in [5.41, 5.74) is 7.90. The second kappa shape index (κ2) is 4.79. The number of para-hydroxylation sites is 1. The highest BCUT2D eigenvalue weighted by molar-refractivity contribution is 5.84. The van der Waals surface area contributed by atoms with Crippen molar-refractivity contribution >= 4 is 5.82 Å². The van der Waals surface area contributed by atoms with E-state index in [0.29, 0.717) is 22.4 Å². The van der Waals surface area contributed by atoms with Gasteiger partial charge in [0.15, 0.2) is 11.5 Å². The average molecular weight is 331 g/mol. The van der Waals surface area contributed by atoms with E-state index in [0.717, 1.165) is 0 Å². The van der Waals surface area contributed by atoms with Gasteiger partial charge in [-0.05, 0) is 13.0 Å². The first-order valence-electron chi connectivity index (χ1n) is 7.14. The van der Waals surface area contributed by atoms with Crippen molar-refractivity contribution in [3.05, 3.63) is 35.0 Å². The third kappa shape index (κ3) is 1.98. The number of benzene rings is 1. The highest BCUT2D eigenvalue weighted by Gasteiger charge is 2.45. The van der Waals surface area contributed by atoms with Crippen LogP contribution in [0.2, 0.25) is 0 Å². The Labute approximate surface area is 135 Å². The van der Waals surface area contributed by atoms with Crippen molar-refractivity contribution in [1.29, 1.82) is 5.26 Å². The summed E-state index contributed by atoms with van der Waals surface area (Å²) in [7, 11) is 0. The fourth-order valence-electron chi connectivity index (χ4n) is 3.01. The Morgan fingerprint density at radius 3 is 2.92 bits per heavy atom. The lowest BCUT2D eigenvalue weighted by atomic mass is 9.93. The van der Waals surface area contributed by atoms with Crippen molar-refractivity contribution in [3.8, 4) is 28.7 Å². The topological polar surface area (TPSA) is 90.4 Å². The largest absolute Gasteiger partial charge is 0.586 e. The van der Waals surface area contributed by atoms with E-state index in [9.17, 15) is 14.0 Å². The zero-order chi connectivity index (χ0) is 17.1. The predicted molar refractivity (Wildman–Crippen MR) is 78.2 cm³/mol. The minimum absolute atomic E-state index is 0.0203. The normalized spacial score (nSPS) is 19.8. The molecule has 122 valence electrons. The molecule has 2 aliphatic heterocycles. The van der Waals surface area contributed by atoms with E-state index in [1.807, 2.05) is 6.07 Å². The number of alkyl halides is 2. The van der Waals surface area contributed by atoms with Gasteiger partial charge >= 0.3 is 6.29 Å². The van der Waals surface area contributed by atoms with Crippen molar-refractivity contribution in [2.75, 3.05) is 5.73 Å². The number of aromatic nitrogens is 1. The second-order valence-electron chi connectivity index (χ2n) is 5.48. The van der Waals surface area contributed by atoms with Gasteiger partial charge in [-0.1, -0.05) is 12.1 Å². The van der Waals surface area contributed by atoms with Crippen LogP contribution in [0.1, 0.15) is 29.8 Å². The Morgan fingerprint density at radius 1 is 1.38 bits per heavy atom. The maximum Gasteiger partial charge on any atom is 0.586 e. The van der Waals surface area contributed by atoms with Crippen LogP contribution in [0, 0.1) is 11.3 Å². The molecule has 2 N–H and O–H groups in total. The molecule has 0 radical (unpaired) electrons. The van der Waals surface area contributed by atoms with Gasteiger partial charge in [0.2, 0.25) is 0 Å². The van der Waals surface area contributed by atoms with Gasteiger partial charge in [-0.25, -0.2) is 4.98 Å². The zero-order valence-corrected chi connectivity index (χ0v) is 12.5. The maximum absolute atomic E-state index is 13.5. The molecule has 0 bridgehead atoms. The lowest BCUT2D eigenvalue weighted by molar-refractivity contribution is -0.286. The molecule has 6 nitrogen and oxygen atoms in total. The first kappa shape index (κ1) is 14.7. The quantitative estimate of drug-likeness (QED) is 0.863.